The zero-order chi connectivity index (χ0) is 31.3. The number of allylic oxidation sites excluding steroid dienone is 4. The second kappa shape index (κ2) is 13.5. The van der Waals surface area contributed by atoms with Crippen molar-refractivity contribution in [1.82, 2.24) is 20.2 Å². The number of aromatic nitrogens is 1. The minimum atomic E-state index is -4.59. The molecule has 1 atom stereocenters. The molecular weight excluding hydrogens is 569 g/mol. The van der Waals surface area contributed by atoms with Crippen LogP contribution < -0.4 is 10.6 Å². The molecule has 3 aliphatic rings. The molecule has 0 radical (unpaired) electrons. The van der Waals surface area contributed by atoms with Crippen LogP contribution in [0.15, 0.2) is 77.3 Å². The standard InChI is InChI=1S/C33H35F3N6O2/c1-22(2)44-31-11-10-27-8-4-23(3)18-28(42(27)40-31)9-5-24-12-13-38-30(19-24)39-32(43)25-6-7-26(29(20-25)33(34,35)36)21-41-16-14-37-15-17-41/h6-8,10-13,18-20,22-23,37H,4,14-17,21H2,1-3H3,(H,38,39,43). The van der Waals surface area contributed by atoms with Crippen molar-refractivity contribution in [1.29, 1.82) is 0 Å². The normalized spacial score (nSPS) is 18.8. The SMILES string of the molecule is CC1C=C(C#Cc2ccnc(NC(=O)c3ccc(CN4CCNCC4)c(C(F)(F)F)c3)c2)N2N=C(OC(C)C)C=CC2=CC1. The summed E-state index contributed by atoms with van der Waals surface area (Å²) in [5.41, 5.74) is 1.36. The van der Waals surface area contributed by atoms with E-state index in [0.29, 0.717) is 30.2 Å². The van der Waals surface area contributed by atoms with Gasteiger partial charge in [-0.3, -0.25) is 9.69 Å². The first kappa shape index (κ1) is 31.0. The van der Waals surface area contributed by atoms with Gasteiger partial charge in [0.05, 0.1) is 17.4 Å². The van der Waals surface area contributed by atoms with Crippen molar-refractivity contribution in [2.45, 2.75) is 46.0 Å². The molecule has 0 aliphatic carbocycles. The number of pyridine rings is 1. The smallest absolute Gasteiger partial charge is 0.416 e. The zero-order valence-electron chi connectivity index (χ0n) is 24.9. The summed E-state index contributed by atoms with van der Waals surface area (Å²) in [7, 11) is 0. The summed E-state index contributed by atoms with van der Waals surface area (Å²) in [4.78, 5) is 19.2. The molecule has 2 aromatic rings. The maximum atomic E-state index is 14.0. The number of amides is 1. The maximum absolute atomic E-state index is 14.0. The number of benzene rings is 1. The maximum Gasteiger partial charge on any atom is 0.416 e. The minimum absolute atomic E-state index is 0.0332. The average molecular weight is 605 g/mol. The van der Waals surface area contributed by atoms with Gasteiger partial charge in [-0.25, -0.2) is 9.99 Å². The number of anilines is 1. The lowest BCUT2D eigenvalue weighted by molar-refractivity contribution is -0.138. The van der Waals surface area contributed by atoms with Gasteiger partial charge in [-0.05, 0) is 74.1 Å². The van der Waals surface area contributed by atoms with Gasteiger partial charge in [-0.15, -0.1) is 5.10 Å². The van der Waals surface area contributed by atoms with Crippen LogP contribution in [0, 0.1) is 17.8 Å². The average Bonchev–Trinajstić information content (AvgIpc) is 3.14. The highest BCUT2D eigenvalue weighted by Crippen LogP contribution is 2.34. The van der Waals surface area contributed by atoms with Gasteiger partial charge in [0.25, 0.3) is 5.91 Å². The number of rotatable bonds is 5. The van der Waals surface area contributed by atoms with Crippen molar-refractivity contribution in [3.63, 3.8) is 0 Å². The number of carbonyl (C=O) groups excluding carboxylic acids is 1. The summed E-state index contributed by atoms with van der Waals surface area (Å²) >= 11 is 0. The second-order valence-corrected chi connectivity index (χ2v) is 11.2. The number of ether oxygens (including phenoxy) is 1. The summed E-state index contributed by atoms with van der Waals surface area (Å²) < 4.78 is 47.7. The fourth-order valence-electron chi connectivity index (χ4n) is 5.01. The number of hydrazone groups is 1. The van der Waals surface area contributed by atoms with E-state index >= 15 is 0 Å². The third-order valence-corrected chi connectivity index (χ3v) is 7.18. The first-order chi connectivity index (χ1) is 21.0. The van der Waals surface area contributed by atoms with E-state index in [1.54, 1.807) is 17.1 Å². The van der Waals surface area contributed by atoms with E-state index in [-0.39, 0.29) is 35.5 Å². The molecule has 1 aromatic carbocycles. The van der Waals surface area contributed by atoms with E-state index < -0.39 is 17.6 Å². The minimum Gasteiger partial charge on any atom is -0.474 e. The molecule has 1 saturated heterocycles. The van der Waals surface area contributed by atoms with Crippen LogP contribution >= 0.6 is 0 Å². The predicted molar refractivity (Wildman–Crippen MR) is 163 cm³/mol. The number of carbonyl (C=O) groups is 1. The van der Waals surface area contributed by atoms with Crippen molar-refractivity contribution in [2.75, 3.05) is 31.5 Å². The lowest BCUT2D eigenvalue weighted by Gasteiger charge is -2.28. The number of alkyl halides is 3. The van der Waals surface area contributed by atoms with E-state index in [1.807, 2.05) is 37.0 Å². The highest BCUT2D eigenvalue weighted by molar-refractivity contribution is 6.04. The van der Waals surface area contributed by atoms with Crippen LogP contribution in [0.25, 0.3) is 0 Å². The number of nitrogens with one attached hydrogen (secondary N) is 2. The Balaban J connectivity index is 1.33. The second-order valence-electron chi connectivity index (χ2n) is 11.2. The molecule has 1 amide bonds. The lowest BCUT2D eigenvalue weighted by Crippen LogP contribution is -2.43. The third kappa shape index (κ3) is 7.95. The largest absolute Gasteiger partial charge is 0.474 e. The zero-order valence-corrected chi connectivity index (χ0v) is 24.9. The molecule has 2 N–H and O–H groups in total. The number of hydrogen-bond donors (Lipinski definition) is 2. The first-order valence-corrected chi connectivity index (χ1v) is 14.6. The Hall–Kier alpha value is -4.40. The quantitative estimate of drug-likeness (QED) is 0.437. The highest BCUT2D eigenvalue weighted by atomic mass is 19.4. The van der Waals surface area contributed by atoms with Gasteiger partial charge in [-0.2, -0.15) is 13.2 Å². The van der Waals surface area contributed by atoms with Crippen LogP contribution in [0.3, 0.4) is 0 Å². The molecule has 44 heavy (non-hydrogen) atoms. The van der Waals surface area contributed by atoms with Crippen LogP contribution in [0.2, 0.25) is 0 Å². The van der Waals surface area contributed by atoms with E-state index in [2.05, 4.69) is 45.6 Å². The van der Waals surface area contributed by atoms with Crippen LogP contribution in [0.1, 0.15) is 54.2 Å². The Bertz CT molecular complexity index is 1580. The molecule has 0 spiro atoms. The molecule has 1 unspecified atom stereocenters. The van der Waals surface area contributed by atoms with Crippen molar-refractivity contribution >= 4 is 17.6 Å². The molecule has 3 aliphatic heterocycles. The van der Waals surface area contributed by atoms with Crippen LogP contribution in [0.5, 0.6) is 0 Å². The number of piperazine rings is 1. The Kier molecular flexibility index (Phi) is 9.52. The number of hydrogen-bond acceptors (Lipinski definition) is 7. The van der Waals surface area contributed by atoms with Crippen LogP contribution in [0.4, 0.5) is 19.0 Å². The molecule has 11 heteroatoms. The van der Waals surface area contributed by atoms with Crippen LogP contribution in [-0.2, 0) is 17.5 Å². The molecule has 8 nitrogen and oxygen atoms in total. The molecule has 1 aromatic heterocycles. The van der Waals surface area contributed by atoms with Gasteiger partial charge in [0, 0.05) is 56.1 Å². The monoisotopic (exact) mass is 604 g/mol. The summed E-state index contributed by atoms with van der Waals surface area (Å²) in [6.07, 6.45) is 5.61. The fourth-order valence-corrected chi connectivity index (χ4v) is 5.01. The van der Waals surface area contributed by atoms with Crippen molar-refractivity contribution in [3.8, 4) is 11.8 Å². The molecule has 230 valence electrons. The van der Waals surface area contributed by atoms with Crippen molar-refractivity contribution in [2.24, 2.45) is 11.0 Å². The molecule has 5 rings (SSSR count). The van der Waals surface area contributed by atoms with Crippen molar-refractivity contribution in [3.05, 3.63) is 94.5 Å². The molecular formula is C33H35F3N6O2. The first-order valence-electron chi connectivity index (χ1n) is 14.6. The Morgan fingerprint density at radius 1 is 1.16 bits per heavy atom. The van der Waals surface area contributed by atoms with Gasteiger partial charge in [0.2, 0.25) is 5.90 Å². The summed E-state index contributed by atoms with van der Waals surface area (Å²) in [5.74, 6) is 6.49. The van der Waals surface area contributed by atoms with Gasteiger partial charge in [0.15, 0.2) is 0 Å². The predicted octanol–water partition coefficient (Wildman–Crippen LogP) is 5.53. The van der Waals surface area contributed by atoms with E-state index in [4.69, 9.17) is 4.74 Å². The molecule has 1 fully saturated rings. The van der Waals surface area contributed by atoms with E-state index in [0.717, 1.165) is 31.3 Å². The molecule has 0 bridgehead atoms. The Morgan fingerprint density at radius 2 is 1.95 bits per heavy atom. The van der Waals surface area contributed by atoms with Gasteiger partial charge >= 0.3 is 6.18 Å². The van der Waals surface area contributed by atoms with Gasteiger partial charge in [-0.1, -0.05) is 25.0 Å². The number of halogens is 3. The van der Waals surface area contributed by atoms with Gasteiger partial charge in [0.1, 0.15) is 11.5 Å². The van der Waals surface area contributed by atoms with Gasteiger partial charge < -0.3 is 15.4 Å². The number of nitrogens with zero attached hydrogens (tertiary/aromatic N) is 4. The van der Waals surface area contributed by atoms with Crippen LogP contribution in [-0.4, -0.2) is 59.0 Å². The van der Waals surface area contributed by atoms with E-state index in [9.17, 15) is 18.0 Å². The van der Waals surface area contributed by atoms with E-state index in [1.165, 1.54) is 18.3 Å². The Morgan fingerprint density at radius 3 is 2.70 bits per heavy atom. The summed E-state index contributed by atoms with van der Waals surface area (Å²) in [6, 6.07) is 6.99. The fraction of sp³-hybridized carbons (Fsp3) is 0.364. The Labute approximate surface area is 255 Å². The third-order valence-electron chi connectivity index (χ3n) is 7.18. The highest BCUT2D eigenvalue weighted by Gasteiger charge is 2.34. The molecule has 0 saturated carbocycles. The lowest BCUT2D eigenvalue weighted by atomic mass is 10.0. The number of fused-ring (bicyclic) bond motifs is 1. The summed E-state index contributed by atoms with van der Waals surface area (Å²) in [5, 5.41) is 12.2. The van der Waals surface area contributed by atoms with Crippen molar-refractivity contribution < 1.29 is 22.7 Å². The summed E-state index contributed by atoms with van der Waals surface area (Å²) in [6.45, 7) is 8.90. The topological polar surface area (TPSA) is 82.1 Å². The molecule has 4 heterocycles.